The average molecular weight is 398 g/mol. The number of anilines is 1. The second-order valence-corrected chi connectivity index (χ2v) is 7.38. The van der Waals surface area contributed by atoms with Crippen LogP contribution < -0.4 is 4.90 Å². The van der Waals surface area contributed by atoms with Crippen LogP contribution in [0.15, 0.2) is 67.1 Å². The highest BCUT2D eigenvalue weighted by molar-refractivity contribution is 6.05. The standard InChI is InChI=1S/C23H22N6O/c1-17-25-20(27-10-4-5-11-27)16-21(26-17)28-12-14-29(15-13-28)23(30)22-19-7-3-2-6-18(19)8-9-24-22/h2-11,16H,12-15H2,1H3. The van der Waals surface area contributed by atoms with E-state index >= 15 is 0 Å². The lowest BCUT2D eigenvalue weighted by atomic mass is 10.1. The number of piperazine rings is 1. The fourth-order valence-electron chi connectivity index (χ4n) is 3.90. The lowest BCUT2D eigenvalue weighted by Gasteiger charge is -2.35. The number of aryl methyl sites for hydroxylation is 1. The summed E-state index contributed by atoms with van der Waals surface area (Å²) in [6, 6.07) is 15.8. The highest BCUT2D eigenvalue weighted by Gasteiger charge is 2.25. The summed E-state index contributed by atoms with van der Waals surface area (Å²) in [5, 5.41) is 1.93. The molecule has 30 heavy (non-hydrogen) atoms. The second-order valence-electron chi connectivity index (χ2n) is 7.38. The molecule has 7 nitrogen and oxygen atoms in total. The highest BCUT2D eigenvalue weighted by atomic mass is 16.2. The summed E-state index contributed by atoms with van der Waals surface area (Å²) in [6.45, 7) is 4.61. The molecule has 0 saturated carbocycles. The van der Waals surface area contributed by atoms with Crippen LogP contribution in [0.4, 0.5) is 5.82 Å². The Balaban J connectivity index is 1.34. The number of benzene rings is 1. The molecule has 7 heteroatoms. The molecular formula is C23H22N6O. The Morgan fingerprint density at radius 3 is 2.43 bits per heavy atom. The summed E-state index contributed by atoms with van der Waals surface area (Å²) >= 11 is 0. The van der Waals surface area contributed by atoms with Gasteiger partial charge in [0.15, 0.2) is 0 Å². The van der Waals surface area contributed by atoms with Crippen molar-refractivity contribution in [1.82, 2.24) is 24.4 Å². The van der Waals surface area contributed by atoms with Crippen molar-refractivity contribution in [1.29, 1.82) is 0 Å². The van der Waals surface area contributed by atoms with E-state index in [1.54, 1.807) is 6.20 Å². The molecule has 1 saturated heterocycles. The molecule has 1 fully saturated rings. The predicted molar refractivity (Wildman–Crippen MR) is 116 cm³/mol. The molecular weight excluding hydrogens is 376 g/mol. The van der Waals surface area contributed by atoms with E-state index < -0.39 is 0 Å². The first kappa shape index (κ1) is 18.3. The Morgan fingerprint density at radius 2 is 1.63 bits per heavy atom. The van der Waals surface area contributed by atoms with Gasteiger partial charge in [-0.15, -0.1) is 0 Å². The molecule has 5 rings (SSSR count). The minimum Gasteiger partial charge on any atom is -0.353 e. The number of amides is 1. The Bertz CT molecular complexity index is 1190. The number of nitrogens with zero attached hydrogens (tertiary/aromatic N) is 6. The van der Waals surface area contributed by atoms with Crippen LogP contribution >= 0.6 is 0 Å². The fraction of sp³-hybridized carbons (Fsp3) is 0.217. The fourth-order valence-corrected chi connectivity index (χ4v) is 3.90. The van der Waals surface area contributed by atoms with Gasteiger partial charge in [0.2, 0.25) is 0 Å². The first-order valence-corrected chi connectivity index (χ1v) is 10.1. The van der Waals surface area contributed by atoms with Crippen LogP contribution in [0.2, 0.25) is 0 Å². The molecule has 1 aliphatic heterocycles. The lowest BCUT2D eigenvalue weighted by molar-refractivity contribution is 0.0743. The quantitative estimate of drug-likeness (QED) is 0.531. The highest BCUT2D eigenvalue weighted by Crippen LogP contribution is 2.21. The van der Waals surface area contributed by atoms with E-state index in [2.05, 4.69) is 19.9 Å². The molecule has 1 aliphatic rings. The molecule has 0 unspecified atom stereocenters. The third-order valence-corrected chi connectivity index (χ3v) is 5.45. The van der Waals surface area contributed by atoms with Gasteiger partial charge in [0.25, 0.3) is 5.91 Å². The minimum atomic E-state index is -0.0154. The summed E-state index contributed by atoms with van der Waals surface area (Å²) < 4.78 is 1.98. The molecule has 4 aromatic rings. The van der Waals surface area contributed by atoms with Crippen LogP contribution in [0.5, 0.6) is 0 Å². The number of fused-ring (bicyclic) bond motifs is 1. The van der Waals surface area contributed by atoms with Gasteiger partial charge >= 0.3 is 0 Å². The molecule has 4 heterocycles. The van der Waals surface area contributed by atoms with Crippen molar-refractivity contribution in [3.05, 3.63) is 78.6 Å². The Labute approximate surface area is 174 Å². The van der Waals surface area contributed by atoms with E-state index in [0.29, 0.717) is 18.8 Å². The third kappa shape index (κ3) is 3.39. The number of carbonyl (C=O) groups is 1. The Morgan fingerprint density at radius 1 is 0.900 bits per heavy atom. The molecule has 0 bridgehead atoms. The maximum atomic E-state index is 13.1. The van der Waals surface area contributed by atoms with Crippen LogP contribution in [0.25, 0.3) is 16.6 Å². The van der Waals surface area contributed by atoms with E-state index in [-0.39, 0.29) is 5.91 Å². The number of hydrogen-bond acceptors (Lipinski definition) is 5. The lowest BCUT2D eigenvalue weighted by Crippen LogP contribution is -2.49. The van der Waals surface area contributed by atoms with Crippen molar-refractivity contribution >= 4 is 22.5 Å². The first-order valence-electron chi connectivity index (χ1n) is 10.1. The Kier molecular flexibility index (Phi) is 4.63. The smallest absolute Gasteiger partial charge is 0.273 e. The van der Waals surface area contributed by atoms with Crippen LogP contribution in [0.3, 0.4) is 0 Å². The van der Waals surface area contributed by atoms with E-state index in [1.807, 2.05) is 77.3 Å². The van der Waals surface area contributed by atoms with Crippen LogP contribution in [-0.4, -0.2) is 56.5 Å². The molecule has 0 aliphatic carbocycles. The molecule has 3 aromatic heterocycles. The second kappa shape index (κ2) is 7.59. The maximum Gasteiger partial charge on any atom is 0.273 e. The van der Waals surface area contributed by atoms with E-state index in [0.717, 1.165) is 41.3 Å². The largest absolute Gasteiger partial charge is 0.353 e. The number of aromatic nitrogens is 4. The molecule has 1 aromatic carbocycles. The van der Waals surface area contributed by atoms with E-state index in [4.69, 9.17) is 0 Å². The Hall–Kier alpha value is -3.74. The van der Waals surface area contributed by atoms with Crippen molar-refractivity contribution in [3.8, 4) is 5.82 Å². The molecule has 0 spiro atoms. The molecule has 1 amide bonds. The van der Waals surface area contributed by atoms with Gasteiger partial charge in [0.1, 0.15) is 23.2 Å². The topological polar surface area (TPSA) is 67.2 Å². The molecule has 0 radical (unpaired) electrons. The van der Waals surface area contributed by atoms with Crippen molar-refractivity contribution in [2.45, 2.75) is 6.92 Å². The van der Waals surface area contributed by atoms with Crippen molar-refractivity contribution in [2.24, 2.45) is 0 Å². The monoisotopic (exact) mass is 398 g/mol. The zero-order valence-electron chi connectivity index (χ0n) is 16.8. The zero-order chi connectivity index (χ0) is 20.5. The molecule has 150 valence electrons. The number of rotatable bonds is 3. The van der Waals surface area contributed by atoms with Gasteiger partial charge in [-0.3, -0.25) is 9.78 Å². The van der Waals surface area contributed by atoms with Crippen molar-refractivity contribution in [2.75, 3.05) is 31.1 Å². The summed E-state index contributed by atoms with van der Waals surface area (Å²) in [5.74, 6) is 2.45. The summed E-state index contributed by atoms with van der Waals surface area (Å²) in [5.41, 5.74) is 0.523. The van der Waals surface area contributed by atoms with Gasteiger partial charge in [-0.1, -0.05) is 24.3 Å². The average Bonchev–Trinajstić information content (AvgIpc) is 3.33. The third-order valence-electron chi connectivity index (χ3n) is 5.45. The SMILES string of the molecule is Cc1nc(N2CCN(C(=O)c3nccc4ccccc34)CC2)cc(-n2cccc2)n1. The summed E-state index contributed by atoms with van der Waals surface area (Å²) in [6.07, 6.45) is 5.65. The summed E-state index contributed by atoms with van der Waals surface area (Å²) in [7, 11) is 0. The van der Waals surface area contributed by atoms with E-state index in [1.165, 1.54) is 0 Å². The number of carbonyl (C=O) groups excluding carboxylic acids is 1. The summed E-state index contributed by atoms with van der Waals surface area (Å²) in [4.78, 5) is 30.8. The molecule has 0 atom stereocenters. The zero-order valence-corrected chi connectivity index (χ0v) is 16.8. The number of hydrogen-bond donors (Lipinski definition) is 0. The molecule has 0 N–H and O–H groups in total. The van der Waals surface area contributed by atoms with Gasteiger partial charge in [-0.05, 0) is 30.5 Å². The van der Waals surface area contributed by atoms with Crippen molar-refractivity contribution in [3.63, 3.8) is 0 Å². The minimum absolute atomic E-state index is 0.0154. The number of pyridine rings is 1. The van der Waals surface area contributed by atoms with Crippen LogP contribution in [0.1, 0.15) is 16.3 Å². The van der Waals surface area contributed by atoms with Crippen LogP contribution in [0, 0.1) is 6.92 Å². The predicted octanol–water partition coefficient (Wildman–Crippen LogP) is 3.09. The van der Waals surface area contributed by atoms with Gasteiger partial charge in [-0.25, -0.2) is 9.97 Å². The van der Waals surface area contributed by atoms with Crippen LogP contribution in [-0.2, 0) is 0 Å². The normalized spacial score (nSPS) is 14.3. The van der Waals surface area contributed by atoms with Gasteiger partial charge in [0, 0.05) is 56.2 Å². The van der Waals surface area contributed by atoms with Crippen molar-refractivity contribution < 1.29 is 4.79 Å². The van der Waals surface area contributed by atoms with Gasteiger partial charge < -0.3 is 14.4 Å². The van der Waals surface area contributed by atoms with Gasteiger partial charge in [0.05, 0.1) is 0 Å². The first-order chi connectivity index (χ1) is 14.7. The van der Waals surface area contributed by atoms with Gasteiger partial charge in [-0.2, -0.15) is 0 Å². The van der Waals surface area contributed by atoms with E-state index in [9.17, 15) is 4.79 Å². The maximum absolute atomic E-state index is 13.1.